The lowest BCUT2D eigenvalue weighted by Gasteiger charge is -2.21. The van der Waals surface area contributed by atoms with Crippen LogP contribution >= 0.6 is 0 Å². The van der Waals surface area contributed by atoms with Crippen LogP contribution in [-0.2, 0) is 19.9 Å². The van der Waals surface area contributed by atoms with E-state index >= 15 is 0 Å². The van der Waals surface area contributed by atoms with Crippen LogP contribution < -0.4 is 5.32 Å². The summed E-state index contributed by atoms with van der Waals surface area (Å²) in [5.41, 5.74) is -0.477. The van der Waals surface area contributed by atoms with Gasteiger partial charge in [0, 0.05) is 0 Å². The lowest BCUT2D eigenvalue weighted by atomic mass is 9.92. The quantitative estimate of drug-likeness (QED) is 0.658. The predicted molar refractivity (Wildman–Crippen MR) is 70.7 cm³/mol. The van der Waals surface area contributed by atoms with Gasteiger partial charge in [-0.3, -0.25) is 14.5 Å². The molecule has 106 valence electrons. The van der Waals surface area contributed by atoms with Gasteiger partial charge in [-0.25, -0.2) is 4.79 Å². The molecular formula is C14H16N2O4. The van der Waals surface area contributed by atoms with Crippen molar-refractivity contribution >= 4 is 17.9 Å². The molecule has 1 aliphatic rings. The molecule has 2 rings (SSSR count). The largest absolute Gasteiger partial charge is 0.465 e. The van der Waals surface area contributed by atoms with Crippen molar-refractivity contribution in [2.45, 2.75) is 19.4 Å². The van der Waals surface area contributed by atoms with E-state index in [4.69, 9.17) is 4.74 Å². The van der Waals surface area contributed by atoms with Gasteiger partial charge in [0.15, 0.2) is 0 Å². The Labute approximate surface area is 116 Å². The van der Waals surface area contributed by atoms with Crippen molar-refractivity contribution in [3.05, 3.63) is 35.9 Å². The van der Waals surface area contributed by atoms with Gasteiger partial charge in [-0.1, -0.05) is 30.3 Å². The summed E-state index contributed by atoms with van der Waals surface area (Å²) in [6.07, 6.45) is 0. The van der Waals surface area contributed by atoms with Crippen LogP contribution in [0, 0.1) is 0 Å². The molecule has 20 heavy (non-hydrogen) atoms. The molecule has 1 heterocycles. The molecule has 1 N–H and O–H groups in total. The van der Waals surface area contributed by atoms with E-state index in [0.29, 0.717) is 5.56 Å². The van der Waals surface area contributed by atoms with Gasteiger partial charge in [0.2, 0.25) is 0 Å². The lowest BCUT2D eigenvalue weighted by molar-refractivity contribution is -0.147. The maximum atomic E-state index is 12.4. The number of nitrogens with one attached hydrogen (secondary N) is 1. The summed E-state index contributed by atoms with van der Waals surface area (Å²) in [5.74, 6) is -1.06. The van der Waals surface area contributed by atoms with Crippen molar-refractivity contribution in [1.82, 2.24) is 10.2 Å². The third kappa shape index (κ3) is 2.36. The fraction of sp³-hybridized carbons (Fsp3) is 0.357. The van der Waals surface area contributed by atoms with Gasteiger partial charge >= 0.3 is 12.0 Å². The zero-order valence-electron chi connectivity index (χ0n) is 11.4. The first-order valence-electron chi connectivity index (χ1n) is 6.34. The monoisotopic (exact) mass is 276 g/mol. The van der Waals surface area contributed by atoms with E-state index in [-0.39, 0.29) is 13.2 Å². The van der Waals surface area contributed by atoms with Gasteiger partial charge in [-0.2, -0.15) is 0 Å². The summed E-state index contributed by atoms with van der Waals surface area (Å²) < 4.78 is 4.76. The molecule has 0 radical (unpaired) electrons. The van der Waals surface area contributed by atoms with Crippen LogP contribution in [0.5, 0.6) is 0 Å². The number of imide groups is 1. The van der Waals surface area contributed by atoms with E-state index in [2.05, 4.69) is 5.32 Å². The van der Waals surface area contributed by atoms with E-state index in [0.717, 1.165) is 4.90 Å². The molecule has 3 amide bonds. The number of hydrogen-bond donors (Lipinski definition) is 1. The molecule has 1 saturated heterocycles. The summed E-state index contributed by atoms with van der Waals surface area (Å²) in [6.45, 7) is 3.12. The van der Waals surface area contributed by atoms with Crippen LogP contribution in [0.3, 0.4) is 0 Å². The SMILES string of the molecule is CCOC(=O)CN1C(=O)N[C@](C)(c2ccccc2)C1=O. The summed E-state index contributed by atoms with van der Waals surface area (Å²) >= 11 is 0. The van der Waals surface area contributed by atoms with Crippen LogP contribution in [0.25, 0.3) is 0 Å². The summed E-state index contributed by atoms with van der Waals surface area (Å²) in [7, 11) is 0. The topological polar surface area (TPSA) is 75.7 Å². The Balaban J connectivity index is 2.22. The Morgan fingerprint density at radius 2 is 1.95 bits per heavy atom. The molecule has 1 aromatic rings. The van der Waals surface area contributed by atoms with E-state index in [1.54, 1.807) is 38.1 Å². The number of benzene rings is 1. The average Bonchev–Trinajstić information content (AvgIpc) is 2.65. The highest BCUT2D eigenvalue weighted by atomic mass is 16.5. The maximum absolute atomic E-state index is 12.4. The van der Waals surface area contributed by atoms with E-state index in [1.807, 2.05) is 6.07 Å². The number of urea groups is 1. The molecule has 1 aromatic carbocycles. The normalized spacial score (nSPS) is 21.8. The first kappa shape index (κ1) is 14.0. The molecular weight excluding hydrogens is 260 g/mol. The van der Waals surface area contributed by atoms with Crippen molar-refractivity contribution in [1.29, 1.82) is 0 Å². The second-order valence-corrected chi connectivity index (χ2v) is 4.62. The zero-order valence-corrected chi connectivity index (χ0v) is 11.4. The molecule has 6 heteroatoms. The van der Waals surface area contributed by atoms with Gasteiger partial charge in [-0.15, -0.1) is 0 Å². The minimum absolute atomic E-state index is 0.207. The molecule has 0 aliphatic carbocycles. The first-order chi connectivity index (χ1) is 9.49. The minimum atomic E-state index is -1.15. The fourth-order valence-corrected chi connectivity index (χ4v) is 2.14. The number of rotatable bonds is 4. The third-order valence-corrected chi connectivity index (χ3v) is 3.22. The Hall–Kier alpha value is -2.37. The van der Waals surface area contributed by atoms with E-state index in [1.165, 1.54) is 0 Å². The highest BCUT2D eigenvalue weighted by Gasteiger charge is 2.49. The number of ether oxygens (including phenoxy) is 1. The minimum Gasteiger partial charge on any atom is -0.465 e. The molecule has 0 unspecified atom stereocenters. The first-order valence-corrected chi connectivity index (χ1v) is 6.34. The van der Waals surface area contributed by atoms with Gasteiger partial charge in [-0.05, 0) is 19.4 Å². The van der Waals surface area contributed by atoms with Crippen LogP contribution in [-0.4, -0.2) is 36.0 Å². The second-order valence-electron chi connectivity index (χ2n) is 4.62. The van der Waals surface area contributed by atoms with Gasteiger partial charge in [0.25, 0.3) is 5.91 Å². The smallest absolute Gasteiger partial charge is 0.326 e. The Bertz CT molecular complexity index is 543. The van der Waals surface area contributed by atoms with Crippen molar-refractivity contribution in [2.75, 3.05) is 13.2 Å². The molecule has 0 aromatic heterocycles. The fourth-order valence-electron chi connectivity index (χ4n) is 2.14. The Kier molecular flexibility index (Phi) is 3.74. The number of amides is 3. The lowest BCUT2D eigenvalue weighted by Crippen LogP contribution is -2.41. The van der Waals surface area contributed by atoms with Crippen molar-refractivity contribution < 1.29 is 19.1 Å². The highest BCUT2D eigenvalue weighted by molar-refractivity contribution is 6.08. The Morgan fingerprint density at radius 3 is 2.55 bits per heavy atom. The molecule has 0 bridgehead atoms. The standard InChI is InChI=1S/C14H16N2O4/c1-3-20-11(17)9-16-12(18)14(2,15-13(16)19)10-7-5-4-6-8-10/h4-8H,3,9H2,1-2H3,(H,15,19)/t14-/m1/s1. The molecule has 1 atom stereocenters. The molecule has 0 saturated carbocycles. The molecule has 1 fully saturated rings. The van der Waals surface area contributed by atoms with Crippen molar-refractivity contribution in [3.63, 3.8) is 0 Å². The summed E-state index contributed by atoms with van der Waals surface area (Å²) in [6, 6.07) is 8.32. The van der Waals surface area contributed by atoms with Gasteiger partial charge in [0.05, 0.1) is 6.61 Å². The molecule has 1 aliphatic heterocycles. The molecule has 6 nitrogen and oxygen atoms in total. The summed E-state index contributed by atoms with van der Waals surface area (Å²) in [5, 5.41) is 2.62. The number of carbonyl (C=O) groups excluding carboxylic acids is 3. The number of esters is 1. The number of nitrogens with zero attached hydrogens (tertiary/aromatic N) is 1. The van der Waals surface area contributed by atoms with Crippen LogP contribution in [0.4, 0.5) is 4.79 Å². The molecule has 0 spiro atoms. The van der Waals surface area contributed by atoms with Crippen LogP contribution in [0.1, 0.15) is 19.4 Å². The third-order valence-electron chi connectivity index (χ3n) is 3.22. The zero-order chi connectivity index (χ0) is 14.8. The number of carbonyl (C=O) groups is 3. The number of hydrogen-bond acceptors (Lipinski definition) is 4. The van der Waals surface area contributed by atoms with Gasteiger partial charge in [0.1, 0.15) is 12.1 Å². The summed E-state index contributed by atoms with van der Waals surface area (Å²) in [4.78, 5) is 36.6. The van der Waals surface area contributed by atoms with Crippen molar-refractivity contribution in [3.8, 4) is 0 Å². The van der Waals surface area contributed by atoms with E-state index in [9.17, 15) is 14.4 Å². The second kappa shape index (κ2) is 5.32. The highest BCUT2D eigenvalue weighted by Crippen LogP contribution is 2.28. The average molecular weight is 276 g/mol. The van der Waals surface area contributed by atoms with E-state index < -0.39 is 23.4 Å². The van der Waals surface area contributed by atoms with Crippen molar-refractivity contribution in [2.24, 2.45) is 0 Å². The predicted octanol–water partition coefficient (Wildman–Crippen LogP) is 1.02. The Morgan fingerprint density at radius 1 is 1.30 bits per heavy atom. The van der Waals surface area contributed by atoms with Gasteiger partial charge < -0.3 is 10.1 Å². The van der Waals surface area contributed by atoms with Crippen LogP contribution in [0.2, 0.25) is 0 Å². The maximum Gasteiger partial charge on any atom is 0.326 e. The van der Waals surface area contributed by atoms with Crippen LogP contribution in [0.15, 0.2) is 30.3 Å².